The number of hydrogen-bond donors (Lipinski definition) is 2. The van der Waals surface area contributed by atoms with Crippen molar-refractivity contribution >= 4 is 11.3 Å². The van der Waals surface area contributed by atoms with Crippen LogP contribution in [0.1, 0.15) is 17.3 Å². The van der Waals surface area contributed by atoms with Crippen LogP contribution < -0.4 is 11.3 Å². The summed E-state index contributed by atoms with van der Waals surface area (Å²) in [6, 6.07) is 2.11. The van der Waals surface area contributed by atoms with E-state index in [0.29, 0.717) is 0 Å². The Bertz CT molecular complexity index is 387. The van der Waals surface area contributed by atoms with Crippen LogP contribution in [0.5, 0.6) is 0 Å². The first-order chi connectivity index (χ1) is 7.40. The Morgan fingerprint density at radius 2 is 2.40 bits per heavy atom. The van der Waals surface area contributed by atoms with Crippen LogP contribution in [-0.4, -0.2) is 9.97 Å². The molecule has 0 fully saturated rings. The molecule has 2 aromatic heterocycles. The van der Waals surface area contributed by atoms with E-state index in [-0.39, 0.29) is 6.04 Å². The van der Waals surface area contributed by atoms with Gasteiger partial charge in [0, 0.05) is 12.4 Å². The molecule has 2 aromatic rings. The van der Waals surface area contributed by atoms with Crippen molar-refractivity contribution in [2.24, 2.45) is 5.84 Å². The summed E-state index contributed by atoms with van der Waals surface area (Å²) in [7, 11) is 0. The van der Waals surface area contributed by atoms with Crippen molar-refractivity contribution < 1.29 is 0 Å². The van der Waals surface area contributed by atoms with Gasteiger partial charge in [-0.1, -0.05) is 0 Å². The van der Waals surface area contributed by atoms with E-state index >= 15 is 0 Å². The number of aromatic nitrogens is 2. The topological polar surface area (TPSA) is 63.8 Å². The molecule has 0 spiro atoms. The maximum atomic E-state index is 5.51. The first-order valence-corrected chi connectivity index (χ1v) is 5.57. The van der Waals surface area contributed by atoms with E-state index in [1.807, 2.05) is 0 Å². The maximum Gasteiger partial charge on any atom is 0.0772 e. The molecule has 0 aromatic carbocycles. The minimum absolute atomic E-state index is 0.0216. The van der Waals surface area contributed by atoms with Gasteiger partial charge in [0.05, 0.1) is 17.9 Å². The predicted molar refractivity (Wildman–Crippen MR) is 60.1 cm³/mol. The Morgan fingerprint density at radius 1 is 1.47 bits per heavy atom. The van der Waals surface area contributed by atoms with Gasteiger partial charge < -0.3 is 0 Å². The Hall–Kier alpha value is -1.30. The van der Waals surface area contributed by atoms with E-state index in [1.54, 1.807) is 29.9 Å². The minimum Gasteiger partial charge on any atom is -0.271 e. The second kappa shape index (κ2) is 4.97. The molecule has 3 N–H and O–H groups in total. The second-order valence-corrected chi connectivity index (χ2v) is 3.97. The van der Waals surface area contributed by atoms with Crippen molar-refractivity contribution in [1.29, 1.82) is 0 Å². The van der Waals surface area contributed by atoms with Crippen LogP contribution in [-0.2, 0) is 6.42 Å². The number of thiophene rings is 1. The van der Waals surface area contributed by atoms with Crippen molar-refractivity contribution in [2.45, 2.75) is 12.5 Å². The molecule has 0 saturated carbocycles. The van der Waals surface area contributed by atoms with Gasteiger partial charge in [0.15, 0.2) is 0 Å². The molecule has 1 unspecified atom stereocenters. The van der Waals surface area contributed by atoms with E-state index < -0.39 is 0 Å². The fourth-order valence-electron chi connectivity index (χ4n) is 1.38. The zero-order valence-corrected chi connectivity index (χ0v) is 8.95. The summed E-state index contributed by atoms with van der Waals surface area (Å²) < 4.78 is 0. The number of rotatable bonds is 4. The molecule has 0 aliphatic heterocycles. The molecule has 4 nitrogen and oxygen atoms in total. The number of nitrogens with one attached hydrogen (secondary N) is 1. The molecule has 0 aliphatic rings. The Kier molecular flexibility index (Phi) is 3.39. The summed E-state index contributed by atoms with van der Waals surface area (Å²) in [6.45, 7) is 0. The highest BCUT2D eigenvalue weighted by molar-refractivity contribution is 7.07. The first kappa shape index (κ1) is 10.2. The largest absolute Gasteiger partial charge is 0.271 e. The molecule has 0 radical (unpaired) electrons. The highest BCUT2D eigenvalue weighted by Crippen LogP contribution is 2.16. The highest BCUT2D eigenvalue weighted by atomic mass is 32.1. The van der Waals surface area contributed by atoms with E-state index in [1.165, 1.54) is 5.56 Å². The summed E-state index contributed by atoms with van der Waals surface area (Å²) in [5, 5.41) is 4.17. The lowest BCUT2D eigenvalue weighted by Crippen LogP contribution is -2.30. The second-order valence-electron chi connectivity index (χ2n) is 3.19. The van der Waals surface area contributed by atoms with Gasteiger partial charge in [-0.25, -0.2) is 0 Å². The van der Waals surface area contributed by atoms with Crippen molar-refractivity contribution in [3.63, 3.8) is 0 Å². The standard InChI is InChI=1S/C10H12N4S/c11-14-9(5-8-1-4-15-7-8)10-6-12-2-3-13-10/h1-4,6-7,9,14H,5,11H2. The Morgan fingerprint density at radius 3 is 3.00 bits per heavy atom. The number of nitrogens with zero attached hydrogens (tertiary/aromatic N) is 2. The summed E-state index contributed by atoms with van der Waals surface area (Å²) >= 11 is 1.68. The molecule has 5 heteroatoms. The molecule has 0 amide bonds. The third-order valence-electron chi connectivity index (χ3n) is 2.16. The van der Waals surface area contributed by atoms with Gasteiger partial charge in [-0.3, -0.25) is 21.2 Å². The van der Waals surface area contributed by atoms with Crippen LogP contribution in [0, 0.1) is 0 Å². The molecule has 0 bridgehead atoms. The fraction of sp³-hybridized carbons (Fsp3) is 0.200. The van der Waals surface area contributed by atoms with Gasteiger partial charge in [0.2, 0.25) is 0 Å². The zero-order valence-electron chi connectivity index (χ0n) is 8.13. The average molecular weight is 220 g/mol. The normalized spacial score (nSPS) is 12.6. The summed E-state index contributed by atoms with van der Waals surface area (Å²) in [5.74, 6) is 5.51. The molecule has 2 rings (SSSR count). The minimum atomic E-state index is 0.0216. The molecule has 78 valence electrons. The highest BCUT2D eigenvalue weighted by Gasteiger charge is 2.11. The van der Waals surface area contributed by atoms with Crippen molar-refractivity contribution in [2.75, 3.05) is 0 Å². The van der Waals surface area contributed by atoms with Crippen molar-refractivity contribution in [3.8, 4) is 0 Å². The number of hydrogen-bond acceptors (Lipinski definition) is 5. The van der Waals surface area contributed by atoms with Crippen LogP contribution >= 0.6 is 11.3 Å². The van der Waals surface area contributed by atoms with Gasteiger partial charge >= 0.3 is 0 Å². The molecular formula is C10H12N4S. The Balaban J connectivity index is 2.12. The monoisotopic (exact) mass is 220 g/mol. The maximum absolute atomic E-state index is 5.51. The van der Waals surface area contributed by atoms with Crippen LogP contribution in [0.2, 0.25) is 0 Å². The van der Waals surface area contributed by atoms with Crippen LogP contribution in [0.3, 0.4) is 0 Å². The lowest BCUT2D eigenvalue weighted by Gasteiger charge is -2.13. The summed E-state index contributed by atoms with van der Waals surface area (Å²) in [5.41, 5.74) is 4.88. The fourth-order valence-corrected chi connectivity index (χ4v) is 2.07. The van der Waals surface area contributed by atoms with E-state index in [0.717, 1.165) is 12.1 Å². The molecule has 0 saturated heterocycles. The van der Waals surface area contributed by atoms with Gasteiger partial charge in [-0.2, -0.15) is 11.3 Å². The third kappa shape index (κ3) is 2.59. The van der Waals surface area contributed by atoms with E-state index in [9.17, 15) is 0 Å². The SMILES string of the molecule is NNC(Cc1ccsc1)c1cnccn1. The first-order valence-electron chi connectivity index (χ1n) is 4.63. The van der Waals surface area contributed by atoms with E-state index in [4.69, 9.17) is 5.84 Å². The molecule has 0 aliphatic carbocycles. The third-order valence-corrected chi connectivity index (χ3v) is 2.89. The molecular weight excluding hydrogens is 208 g/mol. The number of hydrazine groups is 1. The van der Waals surface area contributed by atoms with Crippen molar-refractivity contribution in [3.05, 3.63) is 46.7 Å². The van der Waals surface area contributed by atoms with Gasteiger partial charge in [-0.05, 0) is 28.8 Å². The zero-order chi connectivity index (χ0) is 10.5. The molecule has 15 heavy (non-hydrogen) atoms. The lowest BCUT2D eigenvalue weighted by atomic mass is 10.1. The predicted octanol–water partition coefficient (Wildman–Crippen LogP) is 1.29. The van der Waals surface area contributed by atoms with Gasteiger partial charge in [0.1, 0.15) is 0 Å². The van der Waals surface area contributed by atoms with Crippen LogP contribution in [0.4, 0.5) is 0 Å². The Labute approximate surface area is 92.2 Å². The number of nitrogens with two attached hydrogens (primary N) is 1. The summed E-state index contributed by atoms with van der Waals surface area (Å²) in [6.07, 6.45) is 5.89. The van der Waals surface area contributed by atoms with Gasteiger partial charge in [-0.15, -0.1) is 0 Å². The smallest absolute Gasteiger partial charge is 0.0772 e. The molecule has 1 atom stereocenters. The van der Waals surface area contributed by atoms with Gasteiger partial charge in [0.25, 0.3) is 0 Å². The average Bonchev–Trinajstić information content (AvgIpc) is 2.80. The van der Waals surface area contributed by atoms with E-state index in [2.05, 4.69) is 32.2 Å². The van der Waals surface area contributed by atoms with Crippen LogP contribution in [0.25, 0.3) is 0 Å². The summed E-state index contributed by atoms with van der Waals surface area (Å²) in [4.78, 5) is 8.26. The quantitative estimate of drug-likeness (QED) is 0.602. The lowest BCUT2D eigenvalue weighted by molar-refractivity contribution is 0.537. The molecule has 2 heterocycles. The van der Waals surface area contributed by atoms with Crippen LogP contribution in [0.15, 0.2) is 35.4 Å². The van der Waals surface area contributed by atoms with Crippen molar-refractivity contribution in [1.82, 2.24) is 15.4 Å².